The van der Waals surface area contributed by atoms with E-state index in [9.17, 15) is 4.79 Å². The second kappa shape index (κ2) is 6.16. The summed E-state index contributed by atoms with van der Waals surface area (Å²) in [7, 11) is 1.53. The standard InChI is InChI=1S/C28H44O2/c1-18-10-13-28-17-27(28)15-14-26(6)20(21(27)8-9-22(28)24(18,3)4)11-12-25(26,5)19(2)16-23(29)30-7/h18-19,22H,8-17H2,1-7H3/t18-,19-,22+,25+,26+,27+,28-/m1/s1. The lowest BCUT2D eigenvalue weighted by atomic mass is 9.47. The molecule has 5 aliphatic rings. The molecule has 0 heterocycles. The number of ether oxygens (including phenoxy) is 1. The molecule has 5 rings (SSSR count). The number of hydrogen-bond donors (Lipinski definition) is 0. The second-order valence-electron chi connectivity index (χ2n) is 13.2. The molecule has 0 aromatic carbocycles. The van der Waals surface area contributed by atoms with Crippen molar-refractivity contribution < 1.29 is 9.53 Å². The van der Waals surface area contributed by atoms with Crippen molar-refractivity contribution in [3.8, 4) is 0 Å². The molecule has 2 nitrogen and oxygen atoms in total. The number of hydrogen-bond acceptors (Lipinski definition) is 2. The normalized spacial score (nSPS) is 49.4. The number of allylic oxidation sites excluding steroid dienone is 2. The third-order valence-electron chi connectivity index (χ3n) is 12.6. The Bertz CT molecular complexity index is 807. The van der Waals surface area contributed by atoms with Crippen LogP contribution in [0.2, 0.25) is 0 Å². The van der Waals surface area contributed by atoms with Gasteiger partial charge in [0, 0.05) is 6.42 Å². The second-order valence-corrected chi connectivity index (χ2v) is 13.2. The topological polar surface area (TPSA) is 26.3 Å². The van der Waals surface area contributed by atoms with Gasteiger partial charge in [0.25, 0.3) is 0 Å². The van der Waals surface area contributed by atoms with Gasteiger partial charge in [0.2, 0.25) is 0 Å². The van der Waals surface area contributed by atoms with Crippen molar-refractivity contribution in [1.29, 1.82) is 0 Å². The molecule has 0 radical (unpaired) electrons. The van der Waals surface area contributed by atoms with E-state index < -0.39 is 0 Å². The van der Waals surface area contributed by atoms with Crippen molar-refractivity contribution in [2.75, 3.05) is 7.11 Å². The SMILES string of the molecule is COC(=O)C[C@@H](C)[C@]1(C)CCC2=C3CC[C@H]4C(C)(C)[C@H](C)CC[C@@]45C[C@@]35CC[C@@]21C. The van der Waals surface area contributed by atoms with Crippen LogP contribution in [0.3, 0.4) is 0 Å². The van der Waals surface area contributed by atoms with Gasteiger partial charge in [0.05, 0.1) is 7.11 Å². The number of rotatable bonds is 3. The van der Waals surface area contributed by atoms with Gasteiger partial charge < -0.3 is 4.74 Å². The molecule has 4 saturated carbocycles. The lowest BCUT2D eigenvalue weighted by molar-refractivity contribution is -0.143. The zero-order chi connectivity index (χ0) is 21.7. The van der Waals surface area contributed by atoms with E-state index in [0.717, 1.165) is 11.8 Å². The fourth-order valence-electron chi connectivity index (χ4n) is 9.88. The Balaban J connectivity index is 1.51. The van der Waals surface area contributed by atoms with Gasteiger partial charge in [0.15, 0.2) is 0 Å². The van der Waals surface area contributed by atoms with Gasteiger partial charge in [-0.2, -0.15) is 0 Å². The van der Waals surface area contributed by atoms with Crippen LogP contribution in [-0.2, 0) is 9.53 Å². The number of methoxy groups -OCH3 is 1. The summed E-state index contributed by atoms with van der Waals surface area (Å²) in [6.45, 7) is 15.0. The van der Waals surface area contributed by atoms with E-state index in [2.05, 4.69) is 41.5 Å². The maximum absolute atomic E-state index is 12.1. The van der Waals surface area contributed by atoms with E-state index in [4.69, 9.17) is 4.74 Å². The largest absolute Gasteiger partial charge is 0.469 e. The molecule has 0 aromatic rings. The van der Waals surface area contributed by atoms with Gasteiger partial charge in [0.1, 0.15) is 0 Å². The van der Waals surface area contributed by atoms with E-state index in [1.165, 1.54) is 64.9 Å². The smallest absolute Gasteiger partial charge is 0.305 e. The first-order valence-electron chi connectivity index (χ1n) is 12.8. The van der Waals surface area contributed by atoms with Gasteiger partial charge in [-0.15, -0.1) is 0 Å². The maximum Gasteiger partial charge on any atom is 0.305 e. The van der Waals surface area contributed by atoms with Gasteiger partial charge in [-0.1, -0.05) is 52.7 Å². The highest BCUT2D eigenvalue weighted by molar-refractivity contribution is 5.69. The third-order valence-corrected chi connectivity index (χ3v) is 12.6. The average molecular weight is 413 g/mol. The summed E-state index contributed by atoms with van der Waals surface area (Å²) in [6.07, 6.45) is 13.0. The van der Waals surface area contributed by atoms with Crippen LogP contribution in [0.4, 0.5) is 0 Å². The Labute approximate surface area is 184 Å². The minimum Gasteiger partial charge on any atom is -0.469 e. The minimum atomic E-state index is -0.0408. The van der Waals surface area contributed by atoms with Gasteiger partial charge in [-0.05, 0) is 103 Å². The average Bonchev–Trinajstić information content (AvgIpc) is 3.29. The highest BCUT2D eigenvalue weighted by Crippen LogP contribution is 2.86. The number of fused-ring (bicyclic) bond motifs is 1. The van der Waals surface area contributed by atoms with Crippen LogP contribution >= 0.6 is 0 Å². The van der Waals surface area contributed by atoms with Crippen molar-refractivity contribution in [2.24, 2.45) is 44.8 Å². The fourth-order valence-corrected chi connectivity index (χ4v) is 9.88. The highest BCUT2D eigenvalue weighted by Gasteiger charge is 2.77. The van der Waals surface area contributed by atoms with Crippen LogP contribution in [0, 0.1) is 44.8 Å². The molecule has 0 saturated heterocycles. The molecule has 168 valence electrons. The Morgan fingerprint density at radius 3 is 2.47 bits per heavy atom. The van der Waals surface area contributed by atoms with Crippen LogP contribution in [0.5, 0.6) is 0 Å². The molecule has 4 fully saturated rings. The molecule has 5 aliphatic carbocycles. The third kappa shape index (κ3) is 2.25. The first-order valence-corrected chi connectivity index (χ1v) is 12.8. The van der Waals surface area contributed by atoms with E-state index in [-0.39, 0.29) is 16.8 Å². The Morgan fingerprint density at radius 1 is 1.03 bits per heavy atom. The predicted octanol–water partition coefficient (Wildman–Crippen LogP) is 7.33. The molecule has 0 aromatic heterocycles. The monoisotopic (exact) mass is 412 g/mol. The van der Waals surface area contributed by atoms with Crippen molar-refractivity contribution in [2.45, 2.75) is 106 Å². The quantitative estimate of drug-likeness (QED) is 0.358. The Kier molecular flexibility index (Phi) is 4.33. The lowest BCUT2D eigenvalue weighted by Gasteiger charge is -2.57. The van der Waals surface area contributed by atoms with Crippen molar-refractivity contribution in [1.82, 2.24) is 0 Å². The zero-order valence-corrected chi connectivity index (χ0v) is 20.6. The Morgan fingerprint density at radius 2 is 1.77 bits per heavy atom. The van der Waals surface area contributed by atoms with Crippen LogP contribution in [0.15, 0.2) is 11.1 Å². The van der Waals surface area contributed by atoms with Crippen LogP contribution in [-0.4, -0.2) is 13.1 Å². The van der Waals surface area contributed by atoms with E-state index in [0.29, 0.717) is 28.6 Å². The molecule has 0 N–H and O–H groups in total. The van der Waals surface area contributed by atoms with E-state index in [1.807, 2.05) is 11.1 Å². The van der Waals surface area contributed by atoms with Gasteiger partial charge in [-0.3, -0.25) is 4.79 Å². The van der Waals surface area contributed by atoms with Crippen LogP contribution in [0.25, 0.3) is 0 Å². The molecule has 0 amide bonds. The molecule has 2 spiro atoms. The molecule has 0 aliphatic heterocycles. The molecule has 0 unspecified atom stereocenters. The summed E-state index contributed by atoms with van der Waals surface area (Å²) in [4.78, 5) is 12.1. The van der Waals surface area contributed by atoms with E-state index >= 15 is 0 Å². The lowest BCUT2D eigenvalue weighted by Crippen LogP contribution is -2.49. The number of carbonyl (C=O) groups is 1. The fraction of sp³-hybridized carbons (Fsp3) is 0.893. The summed E-state index contributed by atoms with van der Waals surface area (Å²) in [5.74, 6) is 2.12. The maximum atomic E-state index is 12.1. The molecular formula is C28H44O2. The minimum absolute atomic E-state index is 0.0408. The van der Waals surface area contributed by atoms with Crippen LogP contribution < -0.4 is 0 Å². The summed E-state index contributed by atoms with van der Waals surface area (Å²) >= 11 is 0. The Hall–Kier alpha value is -0.790. The van der Waals surface area contributed by atoms with Crippen molar-refractivity contribution in [3.63, 3.8) is 0 Å². The van der Waals surface area contributed by atoms with Crippen LogP contribution in [0.1, 0.15) is 106 Å². The van der Waals surface area contributed by atoms with E-state index in [1.54, 1.807) is 0 Å². The highest BCUT2D eigenvalue weighted by atomic mass is 16.5. The summed E-state index contributed by atoms with van der Waals surface area (Å²) in [5.41, 5.74) is 5.93. The summed E-state index contributed by atoms with van der Waals surface area (Å²) < 4.78 is 5.04. The van der Waals surface area contributed by atoms with Crippen molar-refractivity contribution >= 4 is 5.97 Å². The first kappa shape index (κ1) is 21.1. The van der Waals surface area contributed by atoms with Gasteiger partial charge >= 0.3 is 5.97 Å². The summed E-state index contributed by atoms with van der Waals surface area (Å²) in [5, 5.41) is 0. The first-order chi connectivity index (χ1) is 14.0. The van der Waals surface area contributed by atoms with Crippen molar-refractivity contribution in [3.05, 3.63) is 11.1 Å². The molecular weight excluding hydrogens is 368 g/mol. The number of carbonyl (C=O) groups excluding carboxylic acids is 1. The van der Waals surface area contributed by atoms with Gasteiger partial charge in [-0.25, -0.2) is 0 Å². The molecule has 7 atom stereocenters. The number of esters is 1. The zero-order valence-electron chi connectivity index (χ0n) is 20.6. The molecule has 2 heteroatoms. The molecule has 0 bridgehead atoms. The molecule has 30 heavy (non-hydrogen) atoms. The predicted molar refractivity (Wildman–Crippen MR) is 122 cm³/mol. The summed E-state index contributed by atoms with van der Waals surface area (Å²) in [6, 6.07) is 0.